The molecule has 3 aromatic carbocycles. The SMILES string of the molecule is CCn1cc(C(=O)O)c(=O)c2cc(F)c(N3CCN(C(=O)OCc4ccc(NC[C@H](CCCNC(N)=O)NCC(C)(C)C(=O)N[C@H](C)c5ccccc5)cc4)CC3)cc21. The number of carboxylic acids is 1. The first kappa shape index (κ1) is 44.0. The van der Waals surface area contributed by atoms with E-state index < -0.39 is 40.3 Å². The summed E-state index contributed by atoms with van der Waals surface area (Å²) in [6.45, 7) is 10.7. The summed E-state index contributed by atoms with van der Waals surface area (Å²) in [5.74, 6) is -2.08. The number of rotatable bonds is 18. The second-order valence-corrected chi connectivity index (χ2v) is 15.4. The third-order valence-corrected chi connectivity index (χ3v) is 10.6. The van der Waals surface area contributed by atoms with Crippen molar-refractivity contribution in [2.24, 2.45) is 11.1 Å². The van der Waals surface area contributed by atoms with E-state index in [4.69, 9.17) is 10.5 Å². The molecule has 7 N–H and O–H groups in total. The van der Waals surface area contributed by atoms with Crippen molar-refractivity contribution in [1.82, 2.24) is 25.4 Å². The number of aryl methyl sites for hydroxylation is 1. The molecular formula is C43H55FN8O7. The molecule has 0 unspecified atom stereocenters. The third kappa shape index (κ3) is 11.7. The lowest BCUT2D eigenvalue weighted by Crippen LogP contribution is -2.49. The van der Waals surface area contributed by atoms with Gasteiger partial charge in [0.1, 0.15) is 18.0 Å². The van der Waals surface area contributed by atoms with Crippen LogP contribution in [-0.2, 0) is 22.7 Å². The van der Waals surface area contributed by atoms with Gasteiger partial charge in [-0.3, -0.25) is 9.59 Å². The Balaban J connectivity index is 1.10. The summed E-state index contributed by atoms with van der Waals surface area (Å²) >= 11 is 0. The predicted molar refractivity (Wildman–Crippen MR) is 225 cm³/mol. The highest BCUT2D eigenvalue weighted by Gasteiger charge is 2.30. The number of primary amides is 1. The van der Waals surface area contributed by atoms with Gasteiger partial charge in [0.2, 0.25) is 11.3 Å². The van der Waals surface area contributed by atoms with Gasteiger partial charge in [0.15, 0.2) is 0 Å². The van der Waals surface area contributed by atoms with Crippen molar-refractivity contribution in [2.45, 2.75) is 65.8 Å². The molecule has 1 fully saturated rings. The Labute approximate surface area is 343 Å². The van der Waals surface area contributed by atoms with E-state index in [1.54, 1.807) is 20.4 Å². The number of pyridine rings is 1. The standard InChI is InChI=1S/C43H55FN8O7/c1-5-50-25-34(39(54)55)38(53)33-22-35(44)37(23-36(33)50)51-18-20-52(21-19-51)42(58)59-26-29-13-15-31(16-14-29)47-24-32(12-9-17-46-41(45)57)48-27-43(3,4)40(56)49-28(2)30-10-7-6-8-11-30/h6-8,10-11,13-16,22-23,25,28,32,47-48H,5,9,12,17-21,24,26-27H2,1-4H3,(H,49,56)(H,54,55)(H3,45,46,57)/t28-,32+/m1/s1. The van der Waals surface area contributed by atoms with Crippen LogP contribution in [0.25, 0.3) is 10.9 Å². The monoisotopic (exact) mass is 814 g/mol. The molecule has 1 aromatic heterocycles. The Morgan fingerprint density at radius 1 is 1.00 bits per heavy atom. The lowest BCUT2D eigenvalue weighted by Gasteiger charge is -2.35. The van der Waals surface area contributed by atoms with Crippen molar-refractivity contribution in [3.8, 4) is 0 Å². The van der Waals surface area contributed by atoms with Crippen LogP contribution >= 0.6 is 0 Å². The smallest absolute Gasteiger partial charge is 0.410 e. The first-order valence-corrected chi connectivity index (χ1v) is 19.9. The van der Waals surface area contributed by atoms with Gasteiger partial charge in [-0.15, -0.1) is 0 Å². The quantitative estimate of drug-likeness (QED) is 0.0740. The van der Waals surface area contributed by atoms with Crippen molar-refractivity contribution in [2.75, 3.05) is 56.0 Å². The molecule has 0 saturated carbocycles. The molecule has 2 heterocycles. The molecule has 1 aliphatic rings. The number of benzene rings is 3. The van der Waals surface area contributed by atoms with Gasteiger partial charge in [-0.25, -0.2) is 18.8 Å². The minimum absolute atomic E-state index is 0.00139. The maximum absolute atomic E-state index is 15.3. The summed E-state index contributed by atoms with van der Waals surface area (Å²) in [6, 6.07) is 19.2. The van der Waals surface area contributed by atoms with Gasteiger partial charge in [0, 0.05) is 75.7 Å². The second kappa shape index (κ2) is 20.0. The van der Waals surface area contributed by atoms with E-state index in [0.717, 1.165) is 22.9 Å². The molecular weight excluding hydrogens is 760 g/mol. The highest BCUT2D eigenvalue weighted by atomic mass is 19.1. The topological polar surface area (TPSA) is 200 Å². The van der Waals surface area contributed by atoms with Crippen molar-refractivity contribution >= 4 is 46.3 Å². The number of nitrogens with two attached hydrogens (primary N) is 1. The summed E-state index contributed by atoms with van der Waals surface area (Å²) in [7, 11) is 0. The van der Waals surface area contributed by atoms with Crippen molar-refractivity contribution < 1.29 is 33.4 Å². The van der Waals surface area contributed by atoms with Gasteiger partial charge in [-0.1, -0.05) is 42.5 Å². The molecule has 16 heteroatoms. The minimum Gasteiger partial charge on any atom is -0.477 e. The van der Waals surface area contributed by atoms with Crippen molar-refractivity contribution in [3.63, 3.8) is 0 Å². The number of fused-ring (bicyclic) bond motifs is 1. The average Bonchev–Trinajstić information content (AvgIpc) is 3.22. The molecule has 15 nitrogen and oxygen atoms in total. The Morgan fingerprint density at radius 3 is 2.34 bits per heavy atom. The summed E-state index contributed by atoms with van der Waals surface area (Å²) in [4.78, 5) is 65.1. The van der Waals surface area contributed by atoms with E-state index in [1.807, 2.05) is 82.3 Å². The molecule has 0 bridgehead atoms. The van der Waals surface area contributed by atoms with Gasteiger partial charge in [0.25, 0.3) is 0 Å². The second-order valence-electron chi connectivity index (χ2n) is 15.4. The number of amides is 4. The average molecular weight is 815 g/mol. The molecule has 0 radical (unpaired) electrons. The minimum atomic E-state index is -1.37. The van der Waals surface area contributed by atoms with Crippen LogP contribution in [0.1, 0.15) is 68.1 Å². The summed E-state index contributed by atoms with van der Waals surface area (Å²) in [5, 5.41) is 22.2. The summed E-state index contributed by atoms with van der Waals surface area (Å²) in [5.41, 5.74) is 6.76. The Morgan fingerprint density at radius 2 is 1.69 bits per heavy atom. The lowest BCUT2D eigenvalue weighted by molar-refractivity contribution is -0.129. The Bertz CT molecular complexity index is 2160. The van der Waals surface area contributed by atoms with E-state index in [-0.39, 0.29) is 35.7 Å². The number of aromatic carboxylic acids is 1. The van der Waals surface area contributed by atoms with Crippen LogP contribution in [0.4, 0.5) is 25.4 Å². The number of carbonyl (C=O) groups is 4. The number of ether oxygens (including phenoxy) is 1. The molecule has 1 saturated heterocycles. The van der Waals surface area contributed by atoms with Crippen molar-refractivity contribution in [1.29, 1.82) is 0 Å². The summed E-state index contributed by atoms with van der Waals surface area (Å²) in [6.07, 6.45) is 2.18. The molecule has 0 aliphatic carbocycles. The normalized spacial score (nSPS) is 14.1. The number of aromatic nitrogens is 1. The van der Waals surface area contributed by atoms with Crippen LogP contribution in [0, 0.1) is 11.2 Å². The van der Waals surface area contributed by atoms with Gasteiger partial charge in [0.05, 0.1) is 22.7 Å². The molecule has 316 valence electrons. The fourth-order valence-corrected chi connectivity index (χ4v) is 6.92. The van der Waals surface area contributed by atoms with Crippen molar-refractivity contribution in [3.05, 3.63) is 106 Å². The number of halogens is 1. The van der Waals surface area contributed by atoms with E-state index in [9.17, 15) is 29.1 Å². The third-order valence-electron chi connectivity index (χ3n) is 10.6. The number of urea groups is 1. The highest BCUT2D eigenvalue weighted by Crippen LogP contribution is 2.27. The molecule has 5 rings (SSSR count). The molecule has 1 aliphatic heterocycles. The van der Waals surface area contributed by atoms with Crippen LogP contribution in [0.2, 0.25) is 0 Å². The number of anilines is 2. The number of hydrogen-bond donors (Lipinski definition) is 6. The first-order chi connectivity index (χ1) is 28.2. The molecule has 4 aromatic rings. The number of hydrogen-bond acceptors (Lipinski definition) is 9. The number of nitrogens with zero attached hydrogens (tertiary/aromatic N) is 3. The number of carbonyl (C=O) groups excluding carboxylic acids is 3. The van der Waals surface area contributed by atoms with Crippen LogP contribution in [0.5, 0.6) is 0 Å². The van der Waals surface area contributed by atoms with Gasteiger partial charge in [-0.2, -0.15) is 0 Å². The zero-order chi connectivity index (χ0) is 42.7. The zero-order valence-electron chi connectivity index (χ0n) is 34.1. The Hall–Kier alpha value is -6.16. The van der Waals surface area contributed by atoms with Gasteiger partial charge in [-0.05, 0) is 75.9 Å². The number of piperazine rings is 1. The summed E-state index contributed by atoms with van der Waals surface area (Å²) < 4.78 is 22.5. The van der Waals surface area contributed by atoms with Gasteiger partial charge < -0.3 is 51.2 Å². The molecule has 2 atom stereocenters. The van der Waals surface area contributed by atoms with E-state index >= 15 is 4.39 Å². The molecule has 59 heavy (non-hydrogen) atoms. The predicted octanol–water partition coefficient (Wildman–Crippen LogP) is 5.04. The fraction of sp³-hybridized carbons (Fsp3) is 0.419. The molecule has 0 spiro atoms. The van der Waals surface area contributed by atoms with E-state index in [2.05, 4.69) is 21.3 Å². The molecule has 4 amide bonds. The van der Waals surface area contributed by atoms with E-state index in [1.165, 1.54) is 6.20 Å². The van der Waals surface area contributed by atoms with E-state index in [0.29, 0.717) is 70.7 Å². The maximum Gasteiger partial charge on any atom is 0.410 e. The maximum atomic E-state index is 15.3. The highest BCUT2D eigenvalue weighted by molar-refractivity contribution is 5.93. The zero-order valence-corrected chi connectivity index (χ0v) is 34.1. The number of carboxylic acid groups (broad SMARTS) is 1. The largest absolute Gasteiger partial charge is 0.477 e. The van der Waals surface area contributed by atoms with Crippen LogP contribution in [0.3, 0.4) is 0 Å². The number of nitrogens with one attached hydrogen (secondary N) is 4. The fourth-order valence-electron chi connectivity index (χ4n) is 6.92. The van der Waals surface area contributed by atoms with Crippen LogP contribution in [-0.4, -0.2) is 90.4 Å². The lowest BCUT2D eigenvalue weighted by atomic mass is 9.91. The van der Waals surface area contributed by atoms with Crippen LogP contribution in [0.15, 0.2) is 77.7 Å². The van der Waals surface area contributed by atoms with Crippen LogP contribution < -0.4 is 37.3 Å². The van der Waals surface area contributed by atoms with Gasteiger partial charge >= 0.3 is 18.1 Å². The first-order valence-electron chi connectivity index (χ1n) is 19.9. The Kier molecular flexibility index (Phi) is 14.9.